The molecule has 3 aromatic rings. The fraction of sp³-hybridized carbons (Fsp3) is 0.231. The molecule has 0 aliphatic rings. The van der Waals surface area contributed by atoms with Crippen LogP contribution >= 0.6 is 0 Å². The van der Waals surface area contributed by atoms with Crippen molar-refractivity contribution in [2.75, 3.05) is 20.3 Å². The molecule has 7 heteroatoms. The van der Waals surface area contributed by atoms with E-state index in [1.807, 2.05) is 62.4 Å². The van der Waals surface area contributed by atoms with Crippen LogP contribution in [0.1, 0.15) is 35.3 Å². The summed E-state index contributed by atoms with van der Waals surface area (Å²) in [7, 11) is 1.53. The Balaban J connectivity index is 1.64. The number of hydrogen-bond donors (Lipinski definition) is 1. The fourth-order valence-corrected chi connectivity index (χ4v) is 3.04. The summed E-state index contributed by atoms with van der Waals surface area (Å²) in [5.74, 6) is 1.96. The van der Waals surface area contributed by atoms with E-state index in [2.05, 4.69) is 10.5 Å². The van der Waals surface area contributed by atoms with Gasteiger partial charge < -0.3 is 18.9 Å². The number of hydrogen-bond acceptors (Lipinski definition) is 6. The number of amides is 1. The summed E-state index contributed by atoms with van der Waals surface area (Å²) in [6.07, 6.45) is 1.55. The van der Waals surface area contributed by atoms with E-state index in [0.717, 1.165) is 11.1 Å². The van der Waals surface area contributed by atoms with Crippen molar-refractivity contribution in [1.82, 2.24) is 5.43 Å². The minimum atomic E-state index is -0.366. The Labute approximate surface area is 193 Å². The van der Waals surface area contributed by atoms with E-state index in [1.165, 1.54) is 7.11 Å². The lowest BCUT2D eigenvalue weighted by Gasteiger charge is -2.12. The van der Waals surface area contributed by atoms with Crippen LogP contribution in [0, 0.1) is 0 Å². The van der Waals surface area contributed by atoms with E-state index in [9.17, 15) is 4.79 Å². The van der Waals surface area contributed by atoms with E-state index >= 15 is 0 Å². The number of nitrogens with one attached hydrogen (secondary N) is 1. The van der Waals surface area contributed by atoms with E-state index in [-0.39, 0.29) is 5.91 Å². The fourth-order valence-electron chi connectivity index (χ4n) is 3.04. The van der Waals surface area contributed by atoms with Crippen LogP contribution < -0.4 is 24.4 Å². The van der Waals surface area contributed by atoms with Crippen molar-refractivity contribution < 1.29 is 23.7 Å². The number of rotatable bonds is 11. The van der Waals surface area contributed by atoms with Crippen LogP contribution in [0.4, 0.5) is 0 Å². The van der Waals surface area contributed by atoms with Crippen LogP contribution in [-0.2, 0) is 6.61 Å². The molecule has 0 fully saturated rings. The van der Waals surface area contributed by atoms with Crippen molar-refractivity contribution in [3.05, 3.63) is 83.4 Å². The number of benzene rings is 3. The number of methoxy groups -OCH3 is 1. The molecule has 1 amide bonds. The van der Waals surface area contributed by atoms with Crippen LogP contribution in [0.3, 0.4) is 0 Å². The third kappa shape index (κ3) is 6.74. The molecule has 1 N–H and O–H groups in total. The predicted octanol–water partition coefficient (Wildman–Crippen LogP) is 4.84. The van der Waals surface area contributed by atoms with Gasteiger partial charge in [-0.25, -0.2) is 5.43 Å². The zero-order chi connectivity index (χ0) is 23.5. The predicted molar refractivity (Wildman–Crippen MR) is 128 cm³/mol. The molecular formula is C26H28N2O5. The summed E-state index contributed by atoms with van der Waals surface area (Å²) >= 11 is 0. The van der Waals surface area contributed by atoms with Crippen molar-refractivity contribution >= 4 is 12.1 Å². The topological polar surface area (TPSA) is 78.4 Å². The summed E-state index contributed by atoms with van der Waals surface area (Å²) in [5, 5.41) is 4.06. The Hall–Kier alpha value is -4.00. The Bertz CT molecular complexity index is 1080. The van der Waals surface area contributed by atoms with Crippen molar-refractivity contribution in [2.45, 2.75) is 20.5 Å². The summed E-state index contributed by atoms with van der Waals surface area (Å²) in [4.78, 5) is 12.5. The van der Waals surface area contributed by atoms with Crippen molar-refractivity contribution in [3.8, 4) is 23.0 Å². The largest absolute Gasteiger partial charge is 0.493 e. The highest BCUT2D eigenvalue weighted by atomic mass is 16.5. The molecule has 0 spiro atoms. The van der Waals surface area contributed by atoms with Gasteiger partial charge in [-0.1, -0.05) is 30.3 Å². The first-order valence-corrected chi connectivity index (χ1v) is 10.7. The quantitative estimate of drug-likeness (QED) is 0.336. The normalized spacial score (nSPS) is 10.6. The monoisotopic (exact) mass is 448 g/mol. The minimum Gasteiger partial charge on any atom is -0.493 e. The summed E-state index contributed by atoms with van der Waals surface area (Å²) in [6.45, 7) is 5.28. The van der Waals surface area contributed by atoms with Crippen molar-refractivity contribution in [2.24, 2.45) is 5.10 Å². The van der Waals surface area contributed by atoms with Gasteiger partial charge in [0.15, 0.2) is 23.0 Å². The van der Waals surface area contributed by atoms with Crippen LogP contribution in [0.25, 0.3) is 0 Å². The molecule has 0 aliphatic carbocycles. The van der Waals surface area contributed by atoms with Crippen LogP contribution in [0.15, 0.2) is 71.8 Å². The second-order valence-corrected chi connectivity index (χ2v) is 6.91. The third-order valence-corrected chi connectivity index (χ3v) is 4.61. The van der Waals surface area contributed by atoms with Gasteiger partial charge in [0.2, 0.25) is 0 Å². The number of carbonyl (C=O) groups excluding carboxylic acids is 1. The van der Waals surface area contributed by atoms with Crippen molar-refractivity contribution in [3.63, 3.8) is 0 Å². The minimum absolute atomic E-state index is 0.366. The maximum atomic E-state index is 12.5. The molecule has 0 atom stereocenters. The lowest BCUT2D eigenvalue weighted by Crippen LogP contribution is -2.17. The van der Waals surface area contributed by atoms with Gasteiger partial charge in [-0.2, -0.15) is 5.10 Å². The standard InChI is InChI=1S/C26H28N2O5/c1-4-31-23-13-11-20(15-25(23)32-5-2)17-27-28-26(29)21-12-14-22(24(16-21)30-3)33-18-19-9-7-6-8-10-19/h6-17H,4-5,18H2,1-3H3,(H,28,29)/b27-17+. The van der Waals surface area contributed by atoms with Gasteiger partial charge in [0.1, 0.15) is 6.61 Å². The molecule has 0 saturated heterocycles. The van der Waals surface area contributed by atoms with Gasteiger partial charge in [0, 0.05) is 5.56 Å². The Morgan fingerprint density at radius 3 is 2.27 bits per heavy atom. The third-order valence-electron chi connectivity index (χ3n) is 4.61. The molecule has 0 bridgehead atoms. The molecule has 3 aromatic carbocycles. The highest BCUT2D eigenvalue weighted by Gasteiger charge is 2.11. The first-order chi connectivity index (χ1) is 16.1. The second-order valence-electron chi connectivity index (χ2n) is 6.91. The van der Waals surface area contributed by atoms with Gasteiger partial charge in [-0.15, -0.1) is 0 Å². The number of nitrogens with zero attached hydrogens (tertiary/aromatic N) is 1. The maximum Gasteiger partial charge on any atom is 0.271 e. The molecule has 0 aliphatic heterocycles. The molecule has 0 unspecified atom stereocenters. The van der Waals surface area contributed by atoms with Gasteiger partial charge >= 0.3 is 0 Å². The molecule has 33 heavy (non-hydrogen) atoms. The van der Waals surface area contributed by atoms with E-state index in [1.54, 1.807) is 24.4 Å². The Kier molecular flexibility index (Phi) is 8.71. The number of hydrazone groups is 1. The average Bonchev–Trinajstić information content (AvgIpc) is 2.85. The molecule has 0 saturated carbocycles. The smallest absolute Gasteiger partial charge is 0.271 e. The zero-order valence-corrected chi connectivity index (χ0v) is 19.0. The second kappa shape index (κ2) is 12.1. The number of carbonyl (C=O) groups is 1. The zero-order valence-electron chi connectivity index (χ0n) is 19.0. The maximum absolute atomic E-state index is 12.5. The van der Waals surface area contributed by atoms with Gasteiger partial charge in [-0.05, 0) is 61.4 Å². The lowest BCUT2D eigenvalue weighted by molar-refractivity contribution is 0.0954. The van der Waals surface area contributed by atoms with Crippen molar-refractivity contribution in [1.29, 1.82) is 0 Å². The molecular weight excluding hydrogens is 420 g/mol. The van der Waals surface area contributed by atoms with Gasteiger partial charge in [-0.3, -0.25) is 4.79 Å². The Morgan fingerprint density at radius 1 is 0.848 bits per heavy atom. The van der Waals surface area contributed by atoms with E-state index in [0.29, 0.717) is 48.4 Å². The highest BCUT2D eigenvalue weighted by molar-refractivity contribution is 5.95. The van der Waals surface area contributed by atoms with Crippen LogP contribution in [0.5, 0.6) is 23.0 Å². The molecule has 7 nitrogen and oxygen atoms in total. The first-order valence-electron chi connectivity index (χ1n) is 10.7. The van der Waals surface area contributed by atoms with E-state index in [4.69, 9.17) is 18.9 Å². The SMILES string of the molecule is CCOc1ccc(/C=N/NC(=O)c2ccc(OCc3ccccc3)c(OC)c2)cc1OCC. The van der Waals surface area contributed by atoms with E-state index < -0.39 is 0 Å². The lowest BCUT2D eigenvalue weighted by atomic mass is 10.2. The number of ether oxygens (including phenoxy) is 4. The average molecular weight is 449 g/mol. The van der Waals surface area contributed by atoms with Crippen LogP contribution in [-0.4, -0.2) is 32.4 Å². The first kappa shape index (κ1) is 23.7. The highest BCUT2D eigenvalue weighted by Crippen LogP contribution is 2.29. The van der Waals surface area contributed by atoms with Gasteiger partial charge in [0.05, 0.1) is 26.5 Å². The van der Waals surface area contributed by atoms with Crippen LogP contribution in [0.2, 0.25) is 0 Å². The molecule has 0 aromatic heterocycles. The summed E-state index contributed by atoms with van der Waals surface area (Å²) in [6, 6.07) is 20.3. The molecule has 3 rings (SSSR count). The Morgan fingerprint density at radius 2 is 1.55 bits per heavy atom. The summed E-state index contributed by atoms with van der Waals surface area (Å²) in [5.41, 5.74) is 4.74. The van der Waals surface area contributed by atoms with Gasteiger partial charge in [0.25, 0.3) is 5.91 Å². The molecule has 172 valence electrons. The summed E-state index contributed by atoms with van der Waals surface area (Å²) < 4.78 is 22.4. The molecule has 0 heterocycles. The molecule has 0 radical (unpaired) electrons.